The highest BCUT2D eigenvalue weighted by Crippen LogP contribution is 2.37. The second-order valence-corrected chi connectivity index (χ2v) is 6.48. The summed E-state index contributed by atoms with van der Waals surface area (Å²) in [7, 11) is 0. The van der Waals surface area contributed by atoms with Gasteiger partial charge in [0.1, 0.15) is 5.82 Å². The number of ether oxygens (including phenoxy) is 1. The number of nitrogens with zero attached hydrogens (tertiary/aromatic N) is 2. The molecule has 2 aromatic rings. The Morgan fingerprint density at radius 1 is 1.27 bits per heavy atom. The molecule has 1 saturated heterocycles. The van der Waals surface area contributed by atoms with Crippen LogP contribution in [0.5, 0.6) is 0 Å². The van der Waals surface area contributed by atoms with Crippen molar-refractivity contribution < 1.29 is 17.9 Å². The van der Waals surface area contributed by atoms with Crippen molar-refractivity contribution in [1.29, 1.82) is 0 Å². The van der Waals surface area contributed by atoms with Gasteiger partial charge >= 0.3 is 6.18 Å². The maximum Gasteiger partial charge on any atom is 0.418 e. The number of halogens is 4. The van der Waals surface area contributed by atoms with E-state index in [2.05, 4.69) is 20.6 Å². The van der Waals surface area contributed by atoms with Gasteiger partial charge in [0.2, 0.25) is 5.95 Å². The Hall–Kier alpha value is -2.06. The van der Waals surface area contributed by atoms with Gasteiger partial charge in [0, 0.05) is 29.9 Å². The molecule has 2 N–H and O–H groups in total. The van der Waals surface area contributed by atoms with Gasteiger partial charge in [-0.15, -0.1) is 0 Å². The number of benzene rings is 1. The zero-order chi connectivity index (χ0) is 18.7. The molecule has 1 aromatic carbocycles. The smallest absolute Gasteiger partial charge is 0.376 e. The van der Waals surface area contributed by atoms with Gasteiger partial charge in [-0.2, -0.15) is 18.2 Å². The molecule has 1 unspecified atom stereocenters. The number of hydrogen-bond donors (Lipinski definition) is 2. The summed E-state index contributed by atoms with van der Waals surface area (Å²) in [4.78, 5) is 8.41. The van der Waals surface area contributed by atoms with Crippen molar-refractivity contribution >= 4 is 29.1 Å². The standard InChI is InChI=1S/C17H18ClF3N4O/c1-10-7-15(22-9-12-3-2-6-26-12)25-16(23-10)24-14-5-4-11(18)8-13(14)17(19,20)21/h4-5,7-8,12H,2-3,6,9H2,1H3,(H2,22,23,24,25). The van der Waals surface area contributed by atoms with Crippen LogP contribution < -0.4 is 10.6 Å². The third kappa shape index (κ3) is 4.76. The zero-order valence-corrected chi connectivity index (χ0v) is 14.8. The molecule has 5 nitrogen and oxygen atoms in total. The van der Waals surface area contributed by atoms with Crippen molar-refractivity contribution in [2.45, 2.75) is 32.0 Å². The van der Waals surface area contributed by atoms with Gasteiger partial charge in [-0.05, 0) is 38.0 Å². The van der Waals surface area contributed by atoms with Gasteiger partial charge in [0.25, 0.3) is 0 Å². The lowest BCUT2D eigenvalue weighted by molar-refractivity contribution is -0.136. The first-order chi connectivity index (χ1) is 12.3. The van der Waals surface area contributed by atoms with E-state index in [1.807, 2.05) is 0 Å². The fourth-order valence-corrected chi connectivity index (χ4v) is 2.89. The summed E-state index contributed by atoms with van der Waals surface area (Å²) in [6, 6.07) is 5.24. The first kappa shape index (κ1) is 18.7. The molecule has 0 aliphatic carbocycles. The van der Waals surface area contributed by atoms with Crippen LogP contribution in [-0.2, 0) is 10.9 Å². The molecule has 0 radical (unpaired) electrons. The summed E-state index contributed by atoms with van der Waals surface area (Å²) >= 11 is 5.70. The van der Waals surface area contributed by atoms with E-state index in [1.165, 1.54) is 12.1 Å². The maximum absolute atomic E-state index is 13.2. The maximum atomic E-state index is 13.2. The van der Waals surface area contributed by atoms with Crippen LogP contribution in [-0.4, -0.2) is 29.2 Å². The number of nitrogens with one attached hydrogen (secondary N) is 2. The minimum absolute atomic E-state index is 0.00644. The molecule has 0 saturated carbocycles. The molecule has 0 spiro atoms. The number of aryl methyl sites for hydroxylation is 1. The Balaban J connectivity index is 1.79. The molecule has 1 aliphatic rings. The molecule has 26 heavy (non-hydrogen) atoms. The Kier molecular flexibility index (Phi) is 5.52. The molecule has 1 fully saturated rings. The van der Waals surface area contributed by atoms with Crippen LogP contribution in [0.1, 0.15) is 24.1 Å². The molecular formula is C17H18ClF3N4O. The lowest BCUT2D eigenvalue weighted by Gasteiger charge is -2.16. The molecule has 2 heterocycles. The summed E-state index contributed by atoms with van der Waals surface area (Å²) in [5.74, 6) is 0.602. The van der Waals surface area contributed by atoms with E-state index < -0.39 is 11.7 Å². The fraction of sp³-hybridized carbons (Fsp3) is 0.412. The summed E-state index contributed by atoms with van der Waals surface area (Å²) in [5, 5.41) is 5.80. The van der Waals surface area contributed by atoms with E-state index in [9.17, 15) is 13.2 Å². The Labute approximate surface area is 153 Å². The second kappa shape index (κ2) is 7.67. The topological polar surface area (TPSA) is 59.1 Å². The normalized spacial score (nSPS) is 17.3. The number of hydrogen-bond acceptors (Lipinski definition) is 5. The predicted octanol–water partition coefficient (Wildman–Crippen LogP) is 4.79. The van der Waals surface area contributed by atoms with Gasteiger partial charge in [-0.1, -0.05) is 11.6 Å². The minimum atomic E-state index is -4.54. The van der Waals surface area contributed by atoms with Crippen LogP contribution in [0.3, 0.4) is 0 Å². The van der Waals surface area contributed by atoms with Crippen molar-refractivity contribution in [2.75, 3.05) is 23.8 Å². The number of rotatable bonds is 5. The highest BCUT2D eigenvalue weighted by Gasteiger charge is 2.34. The highest BCUT2D eigenvalue weighted by atomic mass is 35.5. The molecule has 140 valence electrons. The first-order valence-corrected chi connectivity index (χ1v) is 8.54. The summed E-state index contributed by atoms with van der Waals surface area (Å²) in [6.45, 7) is 3.08. The van der Waals surface area contributed by atoms with Gasteiger partial charge < -0.3 is 15.4 Å². The average Bonchev–Trinajstić information content (AvgIpc) is 3.07. The number of anilines is 3. The van der Waals surface area contributed by atoms with Gasteiger partial charge in [0.15, 0.2) is 0 Å². The number of aromatic nitrogens is 2. The molecule has 1 aliphatic heterocycles. The third-order valence-corrected chi connectivity index (χ3v) is 4.16. The monoisotopic (exact) mass is 386 g/mol. The van der Waals surface area contributed by atoms with Crippen molar-refractivity contribution in [2.24, 2.45) is 0 Å². The Morgan fingerprint density at radius 3 is 2.77 bits per heavy atom. The molecule has 9 heteroatoms. The van der Waals surface area contributed by atoms with Crippen LogP contribution in [0.2, 0.25) is 5.02 Å². The summed E-state index contributed by atoms with van der Waals surface area (Å²) in [6.07, 6.45) is -2.42. The van der Waals surface area contributed by atoms with Crippen molar-refractivity contribution in [3.63, 3.8) is 0 Å². The largest absolute Gasteiger partial charge is 0.418 e. The van der Waals surface area contributed by atoms with Crippen LogP contribution in [0, 0.1) is 6.92 Å². The van der Waals surface area contributed by atoms with Crippen molar-refractivity contribution in [1.82, 2.24) is 9.97 Å². The molecule has 0 amide bonds. The van der Waals surface area contributed by atoms with Crippen LogP contribution in [0.15, 0.2) is 24.3 Å². The minimum Gasteiger partial charge on any atom is -0.376 e. The summed E-state index contributed by atoms with van der Waals surface area (Å²) < 4.78 is 45.2. The predicted molar refractivity (Wildman–Crippen MR) is 94.0 cm³/mol. The van der Waals surface area contributed by atoms with E-state index in [0.717, 1.165) is 25.5 Å². The third-order valence-electron chi connectivity index (χ3n) is 3.92. The van der Waals surface area contributed by atoms with Gasteiger partial charge in [-0.25, -0.2) is 4.98 Å². The van der Waals surface area contributed by atoms with Crippen LogP contribution >= 0.6 is 11.6 Å². The van der Waals surface area contributed by atoms with Gasteiger partial charge in [-0.3, -0.25) is 0 Å². The van der Waals surface area contributed by atoms with Crippen LogP contribution in [0.25, 0.3) is 0 Å². The molecule has 1 aromatic heterocycles. The average molecular weight is 387 g/mol. The highest BCUT2D eigenvalue weighted by molar-refractivity contribution is 6.30. The van der Waals surface area contributed by atoms with E-state index in [0.29, 0.717) is 18.1 Å². The molecular weight excluding hydrogens is 369 g/mol. The second-order valence-electron chi connectivity index (χ2n) is 6.05. The van der Waals surface area contributed by atoms with Crippen molar-refractivity contribution in [3.8, 4) is 0 Å². The Morgan fingerprint density at radius 2 is 2.08 bits per heavy atom. The van der Waals surface area contributed by atoms with E-state index in [-0.39, 0.29) is 22.8 Å². The summed E-state index contributed by atoms with van der Waals surface area (Å²) in [5.41, 5.74) is -0.401. The van der Waals surface area contributed by atoms with Gasteiger partial charge in [0.05, 0.1) is 17.4 Å². The Bertz CT molecular complexity index is 779. The number of alkyl halides is 3. The van der Waals surface area contributed by atoms with E-state index >= 15 is 0 Å². The zero-order valence-electron chi connectivity index (χ0n) is 14.0. The van der Waals surface area contributed by atoms with E-state index in [4.69, 9.17) is 16.3 Å². The van der Waals surface area contributed by atoms with Crippen molar-refractivity contribution in [3.05, 3.63) is 40.5 Å². The van der Waals surface area contributed by atoms with E-state index in [1.54, 1.807) is 13.0 Å². The fourth-order valence-electron chi connectivity index (χ4n) is 2.72. The SMILES string of the molecule is Cc1cc(NCC2CCCO2)nc(Nc2ccc(Cl)cc2C(F)(F)F)n1. The lowest BCUT2D eigenvalue weighted by Crippen LogP contribution is -2.19. The molecule has 0 bridgehead atoms. The quantitative estimate of drug-likeness (QED) is 0.773. The molecule has 1 atom stereocenters. The molecule has 3 rings (SSSR count). The first-order valence-electron chi connectivity index (χ1n) is 8.16. The lowest BCUT2D eigenvalue weighted by atomic mass is 10.1. The van der Waals surface area contributed by atoms with Crippen LogP contribution in [0.4, 0.5) is 30.6 Å².